The van der Waals surface area contributed by atoms with Crippen LogP contribution >= 0.6 is 0 Å². The van der Waals surface area contributed by atoms with E-state index in [4.69, 9.17) is 4.74 Å². The van der Waals surface area contributed by atoms with Gasteiger partial charge in [-0.15, -0.1) is 5.10 Å². The molecule has 112 valence electrons. The van der Waals surface area contributed by atoms with Gasteiger partial charge in [0.1, 0.15) is 6.33 Å². The second-order valence-electron chi connectivity index (χ2n) is 5.54. The predicted molar refractivity (Wildman–Crippen MR) is 79.1 cm³/mol. The molecular weight excluding hydrogens is 266 g/mol. The molecule has 0 spiro atoms. The molecule has 1 aliphatic rings. The molecule has 1 aromatic carbocycles. The van der Waals surface area contributed by atoms with Gasteiger partial charge in [-0.3, -0.25) is 0 Å². The third-order valence-corrected chi connectivity index (χ3v) is 4.01. The van der Waals surface area contributed by atoms with Crippen LogP contribution in [-0.4, -0.2) is 40.0 Å². The van der Waals surface area contributed by atoms with E-state index in [1.54, 1.807) is 11.0 Å². The van der Waals surface area contributed by atoms with Gasteiger partial charge in [0.2, 0.25) is 0 Å². The smallest absolute Gasteiger partial charge is 0.143 e. The molecule has 0 bridgehead atoms. The highest BCUT2D eigenvalue weighted by atomic mass is 16.5. The first kappa shape index (κ1) is 14.2. The monoisotopic (exact) mass is 287 g/mol. The molecule has 2 aromatic rings. The van der Waals surface area contributed by atoms with Gasteiger partial charge in [0.15, 0.2) is 0 Å². The summed E-state index contributed by atoms with van der Waals surface area (Å²) in [7, 11) is 0. The van der Waals surface area contributed by atoms with Crippen molar-refractivity contribution in [1.82, 2.24) is 25.5 Å². The Hall–Kier alpha value is -1.79. The molecule has 6 heteroatoms. The van der Waals surface area contributed by atoms with Gasteiger partial charge in [-0.1, -0.05) is 12.1 Å². The van der Waals surface area contributed by atoms with Crippen molar-refractivity contribution in [1.29, 1.82) is 0 Å². The molecule has 1 aliphatic heterocycles. The molecule has 1 fully saturated rings. The minimum absolute atomic E-state index is 0.309. The summed E-state index contributed by atoms with van der Waals surface area (Å²) in [5.41, 5.74) is 2.22. The highest BCUT2D eigenvalue weighted by Crippen LogP contribution is 2.18. The van der Waals surface area contributed by atoms with Gasteiger partial charge in [-0.05, 0) is 60.4 Å². The molecule has 0 amide bonds. The largest absolute Gasteiger partial charge is 0.381 e. The maximum atomic E-state index is 5.41. The minimum atomic E-state index is 0.309. The van der Waals surface area contributed by atoms with E-state index in [1.807, 2.05) is 12.1 Å². The van der Waals surface area contributed by atoms with Gasteiger partial charge in [0.05, 0.1) is 5.69 Å². The average molecular weight is 287 g/mol. The van der Waals surface area contributed by atoms with Crippen LogP contribution in [0.5, 0.6) is 0 Å². The number of nitrogens with one attached hydrogen (secondary N) is 1. The highest BCUT2D eigenvalue weighted by molar-refractivity contribution is 5.35. The highest BCUT2D eigenvalue weighted by Gasteiger charge is 2.15. The number of hydrogen-bond donors (Lipinski definition) is 1. The van der Waals surface area contributed by atoms with Crippen LogP contribution in [0, 0.1) is 5.92 Å². The number of ether oxygens (including phenoxy) is 1. The number of rotatable bonds is 6. The van der Waals surface area contributed by atoms with Gasteiger partial charge in [0, 0.05) is 19.3 Å². The van der Waals surface area contributed by atoms with Crippen molar-refractivity contribution in [2.24, 2.45) is 5.92 Å². The third kappa shape index (κ3) is 3.65. The number of nitrogens with zero attached hydrogens (tertiary/aromatic N) is 4. The Bertz CT molecular complexity index is 551. The lowest BCUT2D eigenvalue weighted by atomic mass is 10.0. The topological polar surface area (TPSA) is 64.9 Å². The summed E-state index contributed by atoms with van der Waals surface area (Å²) >= 11 is 0. The zero-order valence-electron chi connectivity index (χ0n) is 12.3. The van der Waals surface area contributed by atoms with E-state index in [0.29, 0.717) is 6.04 Å². The number of tetrazole rings is 1. The third-order valence-electron chi connectivity index (χ3n) is 4.01. The van der Waals surface area contributed by atoms with E-state index in [0.717, 1.165) is 31.4 Å². The Morgan fingerprint density at radius 2 is 2.43 bits per heavy atom. The first-order valence-electron chi connectivity index (χ1n) is 7.47. The zero-order valence-corrected chi connectivity index (χ0v) is 12.3. The Kier molecular flexibility index (Phi) is 4.57. The summed E-state index contributed by atoms with van der Waals surface area (Å²) in [5.74, 6) is 0.720. The van der Waals surface area contributed by atoms with Crippen molar-refractivity contribution in [2.75, 3.05) is 19.8 Å². The van der Waals surface area contributed by atoms with Crippen LogP contribution in [0.1, 0.15) is 31.4 Å². The molecule has 3 rings (SSSR count). The fraction of sp³-hybridized carbons (Fsp3) is 0.533. The summed E-state index contributed by atoms with van der Waals surface area (Å²) < 4.78 is 7.08. The van der Waals surface area contributed by atoms with E-state index < -0.39 is 0 Å². The zero-order chi connectivity index (χ0) is 14.5. The minimum Gasteiger partial charge on any atom is -0.381 e. The van der Waals surface area contributed by atoms with E-state index in [-0.39, 0.29) is 0 Å². The van der Waals surface area contributed by atoms with Gasteiger partial charge in [0.25, 0.3) is 0 Å². The maximum Gasteiger partial charge on any atom is 0.143 e. The average Bonchev–Trinajstić information content (AvgIpc) is 3.21. The quantitative estimate of drug-likeness (QED) is 0.876. The summed E-state index contributed by atoms with van der Waals surface area (Å²) in [6.07, 6.45) is 3.99. The Labute approximate surface area is 124 Å². The SMILES string of the molecule is CC(NCCC1CCOC1)c1cccc(-n2cnnn2)c1. The molecule has 21 heavy (non-hydrogen) atoms. The molecule has 2 heterocycles. The molecule has 1 saturated heterocycles. The van der Waals surface area contributed by atoms with Crippen LogP contribution in [0.4, 0.5) is 0 Å². The van der Waals surface area contributed by atoms with Crippen molar-refractivity contribution in [3.63, 3.8) is 0 Å². The first-order chi connectivity index (χ1) is 10.3. The van der Waals surface area contributed by atoms with Crippen molar-refractivity contribution in [2.45, 2.75) is 25.8 Å². The van der Waals surface area contributed by atoms with E-state index in [1.165, 1.54) is 18.4 Å². The summed E-state index contributed by atoms with van der Waals surface area (Å²) in [6, 6.07) is 8.60. The lowest BCUT2D eigenvalue weighted by molar-refractivity contribution is 0.184. The Balaban J connectivity index is 1.56. The van der Waals surface area contributed by atoms with Crippen molar-refractivity contribution in [3.05, 3.63) is 36.2 Å². The van der Waals surface area contributed by atoms with Crippen molar-refractivity contribution in [3.8, 4) is 5.69 Å². The molecule has 0 saturated carbocycles. The molecule has 1 aromatic heterocycles. The normalized spacial score (nSPS) is 19.8. The van der Waals surface area contributed by atoms with Gasteiger partial charge < -0.3 is 10.1 Å². The molecule has 2 atom stereocenters. The number of benzene rings is 1. The fourth-order valence-electron chi connectivity index (χ4n) is 2.65. The summed E-state index contributed by atoms with van der Waals surface area (Å²) in [6.45, 7) is 5.05. The van der Waals surface area contributed by atoms with Gasteiger partial charge in [-0.25, -0.2) is 4.68 Å². The van der Waals surface area contributed by atoms with Gasteiger partial charge >= 0.3 is 0 Å². The first-order valence-corrected chi connectivity index (χ1v) is 7.47. The van der Waals surface area contributed by atoms with Crippen LogP contribution in [0.25, 0.3) is 5.69 Å². The number of aromatic nitrogens is 4. The van der Waals surface area contributed by atoms with Crippen LogP contribution < -0.4 is 5.32 Å². The van der Waals surface area contributed by atoms with Crippen LogP contribution in [-0.2, 0) is 4.74 Å². The molecular formula is C15H21N5O. The Morgan fingerprint density at radius 1 is 1.48 bits per heavy atom. The molecule has 6 nitrogen and oxygen atoms in total. The summed E-state index contributed by atoms with van der Waals surface area (Å²) in [5, 5.41) is 14.8. The predicted octanol–water partition coefficient (Wildman–Crippen LogP) is 1.74. The number of hydrogen-bond acceptors (Lipinski definition) is 5. The van der Waals surface area contributed by atoms with Crippen molar-refractivity contribution >= 4 is 0 Å². The van der Waals surface area contributed by atoms with E-state index >= 15 is 0 Å². The van der Waals surface area contributed by atoms with Crippen LogP contribution in [0.3, 0.4) is 0 Å². The van der Waals surface area contributed by atoms with Crippen molar-refractivity contribution < 1.29 is 4.74 Å². The molecule has 2 unspecified atom stereocenters. The maximum absolute atomic E-state index is 5.41. The Morgan fingerprint density at radius 3 is 3.19 bits per heavy atom. The molecule has 1 N–H and O–H groups in total. The van der Waals surface area contributed by atoms with Crippen LogP contribution in [0.15, 0.2) is 30.6 Å². The molecule has 0 radical (unpaired) electrons. The van der Waals surface area contributed by atoms with Crippen LogP contribution in [0.2, 0.25) is 0 Å². The summed E-state index contributed by atoms with van der Waals surface area (Å²) in [4.78, 5) is 0. The fourth-order valence-corrected chi connectivity index (χ4v) is 2.65. The standard InChI is InChI=1S/C15H21N5O/c1-12(16-7-5-13-6-8-21-10-13)14-3-2-4-15(9-14)20-11-17-18-19-20/h2-4,9,11-13,16H,5-8,10H2,1H3. The van der Waals surface area contributed by atoms with E-state index in [9.17, 15) is 0 Å². The van der Waals surface area contributed by atoms with Gasteiger partial charge in [-0.2, -0.15) is 0 Å². The molecule has 0 aliphatic carbocycles. The second-order valence-corrected chi connectivity index (χ2v) is 5.54. The van der Waals surface area contributed by atoms with E-state index in [2.05, 4.69) is 39.9 Å². The lowest BCUT2D eigenvalue weighted by Gasteiger charge is -2.16. The second kappa shape index (κ2) is 6.78. The lowest BCUT2D eigenvalue weighted by Crippen LogP contribution is -2.22.